The van der Waals surface area contributed by atoms with Gasteiger partial charge in [0.1, 0.15) is 0 Å². The molecular formula is C16H30O3. The number of carbonyl (C=O) groups is 1. The Morgan fingerprint density at radius 3 is 1.89 bits per heavy atom. The van der Waals surface area contributed by atoms with Gasteiger partial charge in [-0.3, -0.25) is 0 Å². The molecule has 1 aliphatic heterocycles. The molecule has 0 aliphatic carbocycles. The fraction of sp³-hybridized carbons (Fsp3) is 0.938. The van der Waals surface area contributed by atoms with Crippen LogP contribution in [0.4, 0.5) is 0 Å². The van der Waals surface area contributed by atoms with Gasteiger partial charge in [-0.05, 0) is 12.8 Å². The normalized spacial score (nSPS) is 21.4. The van der Waals surface area contributed by atoms with Gasteiger partial charge in [-0.1, -0.05) is 64.7 Å². The minimum absolute atomic E-state index is 0.191. The topological polar surface area (TPSA) is 38.8 Å². The molecule has 0 bridgehead atoms. The highest BCUT2D eigenvalue weighted by Gasteiger charge is 2.52. The SMILES string of the molecule is CCCCCCCCCCCCC1(C(=O)OC)CO1. The number of ether oxygens (including phenoxy) is 2. The predicted octanol–water partition coefficient (Wildman–Crippen LogP) is 4.24. The molecule has 1 atom stereocenters. The van der Waals surface area contributed by atoms with Crippen molar-refractivity contribution in [1.82, 2.24) is 0 Å². The second kappa shape index (κ2) is 9.35. The second-order valence-electron chi connectivity index (χ2n) is 5.71. The molecule has 0 aromatic rings. The zero-order chi connectivity index (χ0) is 14.0. The van der Waals surface area contributed by atoms with Gasteiger partial charge in [0.25, 0.3) is 0 Å². The lowest BCUT2D eigenvalue weighted by molar-refractivity contribution is -0.147. The van der Waals surface area contributed by atoms with Gasteiger partial charge in [0, 0.05) is 0 Å². The first-order valence-corrected chi connectivity index (χ1v) is 7.97. The first-order chi connectivity index (χ1) is 9.25. The van der Waals surface area contributed by atoms with Gasteiger partial charge < -0.3 is 9.47 Å². The largest absolute Gasteiger partial charge is 0.467 e. The van der Waals surface area contributed by atoms with E-state index < -0.39 is 5.60 Å². The summed E-state index contributed by atoms with van der Waals surface area (Å²) in [5, 5.41) is 0. The summed E-state index contributed by atoms with van der Waals surface area (Å²) >= 11 is 0. The van der Waals surface area contributed by atoms with Gasteiger partial charge in [0.2, 0.25) is 0 Å². The van der Waals surface area contributed by atoms with Gasteiger partial charge in [0.05, 0.1) is 13.7 Å². The fourth-order valence-electron chi connectivity index (χ4n) is 2.54. The minimum atomic E-state index is -0.561. The Balaban J connectivity index is 1.85. The highest BCUT2D eigenvalue weighted by Crippen LogP contribution is 2.34. The molecule has 1 aliphatic rings. The van der Waals surface area contributed by atoms with Gasteiger partial charge in [0.15, 0.2) is 5.60 Å². The van der Waals surface area contributed by atoms with Crippen LogP contribution in [0.3, 0.4) is 0 Å². The number of esters is 1. The fourth-order valence-corrected chi connectivity index (χ4v) is 2.54. The average molecular weight is 270 g/mol. The summed E-state index contributed by atoms with van der Waals surface area (Å²) in [6.07, 6.45) is 14.0. The molecule has 0 aromatic carbocycles. The Morgan fingerprint density at radius 2 is 1.47 bits per heavy atom. The van der Waals surface area contributed by atoms with Crippen molar-refractivity contribution in [3.63, 3.8) is 0 Å². The van der Waals surface area contributed by atoms with Crippen molar-refractivity contribution in [3.8, 4) is 0 Å². The van der Waals surface area contributed by atoms with Crippen LogP contribution in [0.15, 0.2) is 0 Å². The number of rotatable bonds is 12. The Morgan fingerprint density at radius 1 is 1.00 bits per heavy atom. The van der Waals surface area contributed by atoms with E-state index >= 15 is 0 Å². The van der Waals surface area contributed by atoms with E-state index in [1.54, 1.807) is 0 Å². The summed E-state index contributed by atoms with van der Waals surface area (Å²) in [6.45, 7) is 2.81. The second-order valence-corrected chi connectivity index (χ2v) is 5.71. The Kier molecular flexibility index (Phi) is 8.11. The van der Waals surface area contributed by atoms with Crippen molar-refractivity contribution in [2.24, 2.45) is 0 Å². The Labute approximate surface area is 118 Å². The lowest BCUT2D eigenvalue weighted by Gasteiger charge is -2.08. The van der Waals surface area contributed by atoms with Crippen LogP contribution in [0, 0.1) is 0 Å². The molecule has 3 nitrogen and oxygen atoms in total. The number of epoxide rings is 1. The van der Waals surface area contributed by atoms with Crippen LogP contribution >= 0.6 is 0 Å². The molecule has 1 saturated heterocycles. The quantitative estimate of drug-likeness (QED) is 0.302. The highest BCUT2D eigenvalue weighted by molar-refractivity contribution is 5.82. The lowest BCUT2D eigenvalue weighted by Crippen LogP contribution is -2.25. The minimum Gasteiger partial charge on any atom is -0.467 e. The maximum absolute atomic E-state index is 11.4. The summed E-state index contributed by atoms with van der Waals surface area (Å²) in [7, 11) is 1.43. The van der Waals surface area contributed by atoms with E-state index in [1.165, 1.54) is 64.9 Å². The highest BCUT2D eigenvalue weighted by atomic mass is 16.6. The van der Waals surface area contributed by atoms with E-state index in [4.69, 9.17) is 9.47 Å². The molecule has 0 radical (unpaired) electrons. The van der Waals surface area contributed by atoms with Crippen LogP contribution < -0.4 is 0 Å². The molecule has 0 N–H and O–H groups in total. The molecular weight excluding hydrogens is 240 g/mol. The van der Waals surface area contributed by atoms with E-state index in [0.717, 1.165) is 12.8 Å². The number of carbonyl (C=O) groups excluding carboxylic acids is 1. The molecule has 112 valence electrons. The van der Waals surface area contributed by atoms with Gasteiger partial charge in [-0.15, -0.1) is 0 Å². The molecule has 0 saturated carbocycles. The van der Waals surface area contributed by atoms with Crippen molar-refractivity contribution >= 4 is 5.97 Å². The smallest absolute Gasteiger partial charge is 0.340 e. The van der Waals surface area contributed by atoms with Crippen molar-refractivity contribution in [2.75, 3.05) is 13.7 Å². The lowest BCUT2D eigenvalue weighted by atomic mass is 10.0. The van der Waals surface area contributed by atoms with Crippen molar-refractivity contribution in [2.45, 2.75) is 83.2 Å². The molecule has 1 fully saturated rings. The third kappa shape index (κ3) is 6.42. The van der Waals surface area contributed by atoms with E-state index in [9.17, 15) is 4.79 Å². The van der Waals surface area contributed by atoms with Crippen LogP contribution in [0.25, 0.3) is 0 Å². The molecule has 1 heterocycles. The zero-order valence-corrected chi connectivity index (χ0v) is 12.7. The number of hydrogen-bond donors (Lipinski definition) is 0. The van der Waals surface area contributed by atoms with Crippen LogP contribution in [0.1, 0.15) is 77.6 Å². The summed E-state index contributed by atoms with van der Waals surface area (Å²) < 4.78 is 10.0. The summed E-state index contributed by atoms with van der Waals surface area (Å²) in [5.41, 5.74) is -0.561. The number of methoxy groups -OCH3 is 1. The van der Waals surface area contributed by atoms with E-state index in [2.05, 4.69) is 6.92 Å². The summed E-state index contributed by atoms with van der Waals surface area (Å²) in [4.78, 5) is 11.4. The maximum Gasteiger partial charge on any atom is 0.340 e. The summed E-state index contributed by atoms with van der Waals surface area (Å²) in [6, 6.07) is 0. The van der Waals surface area contributed by atoms with Crippen molar-refractivity contribution in [3.05, 3.63) is 0 Å². The van der Waals surface area contributed by atoms with Crippen LogP contribution in [-0.2, 0) is 14.3 Å². The number of hydrogen-bond acceptors (Lipinski definition) is 3. The van der Waals surface area contributed by atoms with Crippen molar-refractivity contribution in [1.29, 1.82) is 0 Å². The standard InChI is InChI=1S/C16H30O3/c1-3-4-5-6-7-8-9-10-11-12-13-16(14-19-16)15(17)18-2/h3-14H2,1-2H3. The molecule has 0 amide bonds. The van der Waals surface area contributed by atoms with E-state index in [1.807, 2.05) is 0 Å². The summed E-state index contributed by atoms with van der Waals surface area (Å²) in [5.74, 6) is -0.191. The Hall–Kier alpha value is -0.570. The van der Waals surface area contributed by atoms with E-state index in [-0.39, 0.29) is 5.97 Å². The molecule has 1 unspecified atom stereocenters. The first kappa shape index (κ1) is 16.5. The molecule has 0 spiro atoms. The average Bonchev–Trinajstić information content (AvgIpc) is 3.21. The first-order valence-electron chi connectivity index (χ1n) is 7.97. The van der Waals surface area contributed by atoms with Crippen LogP contribution in [-0.4, -0.2) is 25.3 Å². The van der Waals surface area contributed by atoms with Gasteiger partial charge >= 0.3 is 5.97 Å². The maximum atomic E-state index is 11.4. The predicted molar refractivity (Wildman–Crippen MR) is 77.2 cm³/mol. The zero-order valence-electron chi connectivity index (χ0n) is 12.7. The molecule has 1 rings (SSSR count). The van der Waals surface area contributed by atoms with E-state index in [0.29, 0.717) is 6.61 Å². The van der Waals surface area contributed by atoms with Crippen LogP contribution in [0.5, 0.6) is 0 Å². The Bertz CT molecular complexity index is 246. The van der Waals surface area contributed by atoms with Gasteiger partial charge in [-0.2, -0.15) is 0 Å². The monoisotopic (exact) mass is 270 g/mol. The van der Waals surface area contributed by atoms with Crippen molar-refractivity contribution < 1.29 is 14.3 Å². The molecule has 19 heavy (non-hydrogen) atoms. The molecule has 0 aromatic heterocycles. The van der Waals surface area contributed by atoms with Gasteiger partial charge in [-0.25, -0.2) is 4.79 Å². The van der Waals surface area contributed by atoms with Crippen LogP contribution in [0.2, 0.25) is 0 Å². The third-order valence-electron chi connectivity index (χ3n) is 3.98. The number of unbranched alkanes of at least 4 members (excludes halogenated alkanes) is 9. The third-order valence-corrected chi connectivity index (χ3v) is 3.98. The molecule has 3 heteroatoms.